The summed E-state index contributed by atoms with van der Waals surface area (Å²) < 4.78 is 4.92. The van der Waals surface area contributed by atoms with Crippen LogP contribution in [0.1, 0.15) is 32.1 Å². The summed E-state index contributed by atoms with van der Waals surface area (Å²) in [7, 11) is 1.46. The molecular formula is C12H16O3. The van der Waals surface area contributed by atoms with E-state index in [9.17, 15) is 9.59 Å². The summed E-state index contributed by atoms with van der Waals surface area (Å²) in [4.78, 5) is 23.7. The first kappa shape index (κ1) is 9.37. The predicted molar refractivity (Wildman–Crippen MR) is 53.0 cm³/mol. The van der Waals surface area contributed by atoms with Gasteiger partial charge in [0, 0.05) is 11.8 Å². The van der Waals surface area contributed by atoms with E-state index in [0.717, 1.165) is 32.1 Å². The van der Waals surface area contributed by atoms with E-state index in [2.05, 4.69) is 0 Å². The number of hydrogen-bond acceptors (Lipinski definition) is 3. The lowest BCUT2D eigenvalue weighted by atomic mass is 9.49. The molecular weight excluding hydrogens is 192 g/mol. The van der Waals surface area contributed by atoms with Crippen molar-refractivity contribution in [1.82, 2.24) is 0 Å². The minimum Gasteiger partial charge on any atom is -0.469 e. The highest BCUT2D eigenvalue weighted by Gasteiger charge is 2.58. The van der Waals surface area contributed by atoms with Crippen LogP contribution in [0.15, 0.2) is 0 Å². The van der Waals surface area contributed by atoms with Gasteiger partial charge in [-0.05, 0) is 38.0 Å². The van der Waals surface area contributed by atoms with Gasteiger partial charge in [-0.1, -0.05) is 0 Å². The largest absolute Gasteiger partial charge is 0.469 e. The number of ether oxygens (including phenoxy) is 1. The minimum absolute atomic E-state index is 0.0746. The lowest BCUT2D eigenvalue weighted by Gasteiger charge is -2.53. The van der Waals surface area contributed by atoms with Gasteiger partial charge in [0.05, 0.1) is 12.5 Å². The molecule has 0 aliphatic heterocycles. The highest BCUT2D eigenvalue weighted by Crippen LogP contribution is 2.58. The summed E-state index contributed by atoms with van der Waals surface area (Å²) in [5.41, 5.74) is -0.293. The molecule has 0 heterocycles. The van der Waals surface area contributed by atoms with Crippen LogP contribution < -0.4 is 0 Å². The Labute approximate surface area is 89.2 Å². The smallest absolute Gasteiger partial charge is 0.311 e. The molecule has 3 heteroatoms. The molecule has 0 unspecified atom stereocenters. The molecule has 0 spiro atoms. The Hall–Kier alpha value is -0.860. The molecule has 0 aromatic heterocycles. The standard InChI is InChI=1S/C12H16O3/c1-15-11(14)12-4-7-2-8(5-12)10(13)9(3-7)6-12/h7-9H,2-6H2,1H3/t7?,8-,9-,12?/m0/s1. The van der Waals surface area contributed by atoms with Gasteiger partial charge in [-0.15, -0.1) is 0 Å². The summed E-state index contributed by atoms with van der Waals surface area (Å²) in [6.45, 7) is 0. The van der Waals surface area contributed by atoms with Crippen LogP contribution in [0.3, 0.4) is 0 Å². The number of esters is 1. The molecule has 0 amide bonds. The van der Waals surface area contributed by atoms with Crippen molar-refractivity contribution >= 4 is 11.8 Å². The van der Waals surface area contributed by atoms with Gasteiger partial charge in [-0.2, -0.15) is 0 Å². The van der Waals surface area contributed by atoms with Gasteiger partial charge in [0.25, 0.3) is 0 Å². The molecule has 3 nitrogen and oxygen atoms in total. The molecule has 0 aromatic carbocycles. The zero-order valence-corrected chi connectivity index (χ0v) is 8.99. The second-order valence-corrected chi connectivity index (χ2v) is 5.52. The van der Waals surface area contributed by atoms with E-state index >= 15 is 0 Å². The molecule has 4 fully saturated rings. The van der Waals surface area contributed by atoms with Crippen LogP contribution in [0.5, 0.6) is 0 Å². The molecule has 4 rings (SSSR count). The Balaban J connectivity index is 1.95. The molecule has 0 saturated heterocycles. The fraction of sp³-hybridized carbons (Fsp3) is 0.833. The van der Waals surface area contributed by atoms with Crippen LogP contribution in [-0.2, 0) is 14.3 Å². The van der Waals surface area contributed by atoms with E-state index in [4.69, 9.17) is 4.74 Å². The second-order valence-electron chi connectivity index (χ2n) is 5.52. The van der Waals surface area contributed by atoms with E-state index in [0.29, 0.717) is 11.7 Å². The number of rotatable bonds is 1. The third-order valence-electron chi connectivity index (χ3n) is 4.61. The van der Waals surface area contributed by atoms with Gasteiger partial charge in [0.15, 0.2) is 0 Å². The van der Waals surface area contributed by atoms with E-state index in [1.807, 2.05) is 0 Å². The summed E-state index contributed by atoms with van der Waals surface area (Å²) in [5, 5.41) is 0. The molecule has 4 saturated carbocycles. The second kappa shape index (κ2) is 2.83. The summed E-state index contributed by atoms with van der Waals surface area (Å²) in [5.74, 6) is 1.27. The van der Waals surface area contributed by atoms with Gasteiger partial charge in [0.1, 0.15) is 5.78 Å². The molecule has 0 N–H and O–H groups in total. The number of hydrogen-bond donors (Lipinski definition) is 0. The van der Waals surface area contributed by atoms with Crippen LogP contribution >= 0.6 is 0 Å². The first-order valence-electron chi connectivity index (χ1n) is 5.77. The molecule has 4 aliphatic rings. The molecule has 0 radical (unpaired) electrons. The maximum Gasteiger partial charge on any atom is 0.311 e. The highest BCUT2D eigenvalue weighted by molar-refractivity contribution is 5.89. The number of carbonyl (C=O) groups excluding carboxylic acids is 2. The van der Waals surface area contributed by atoms with Crippen molar-refractivity contribution in [2.45, 2.75) is 32.1 Å². The van der Waals surface area contributed by atoms with Crippen molar-refractivity contribution in [3.63, 3.8) is 0 Å². The highest BCUT2D eigenvalue weighted by atomic mass is 16.5. The van der Waals surface area contributed by atoms with E-state index < -0.39 is 0 Å². The summed E-state index contributed by atoms with van der Waals surface area (Å²) in [6, 6.07) is 0. The topological polar surface area (TPSA) is 43.4 Å². The van der Waals surface area contributed by atoms with E-state index in [-0.39, 0.29) is 23.2 Å². The van der Waals surface area contributed by atoms with Gasteiger partial charge in [-0.25, -0.2) is 0 Å². The average molecular weight is 208 g/mol. The van der Waals surface area contributed by atoms with Crippen molar-refractivity contribution in [1.29, 1.82) is 0 Å². The lowest BCUT2D eigenvalue weighted by Crippen LogP contribution is -2.54. The zero-order chi connectivity index (χ0) is 10.6. The Morgan fingerprint density at radius 3 is 2.40 bits per heavy atom. The summed E-state index contributed by atoms with van der Waals surface area (Å²) in [6.07, 6.45) is 4.51. The van der Waals surface area contributed by atoms with Crippen molar-refractivity contribution in [3.8, 4) is 0 Å². The third-order valence-corrected chi connectivity index (χ3v) is 4.61. The fourth-order valence-electron chi connectivity index (χ4n) is 4.21. The maximum absolute atomic E-state index is 11.9. The Morgan fingerprint density at radius 1 is 1.27 bits per heavy atom. The molecule has 4 aliphatic carbocycles. The third kappa shape index (κ3) is 1.12. The van der Waals surface area contributed by atoms with Crippen molar-refractivity contribution in [2.24, 2.45) is 23.2 Å². The molecule has 15 heavy (non-hydrogen) atoms. The van der Waals surface area contributed by atoms with Crippen molar-refractivity contribution < 1.29 is 14.3 Å². The van der Waals surface area contributed by atoms with Crippen LogP contribution in [-0.4, -0.2) is 18.9 Å². The van der Waals surface area contributed by atoms with Crippen LogP contribution in [0.25, 0.3) is 0 Å². The summed E-state index contributed by atoms with van der Waals surface area (Å²) >= 11 is 0. The number of methoxy groups -OCH3 is 1. The molecule has 82 valence electrons. The number of carbonyl (C=O) groups is 2. The number of ketones is 1. The lowest BCUT2D eigenvalue weighted by molar-refractivity contribution is -0.172. The van der Waals surface area contributed by atoms with Gasteiger partial charge in [0.2, 0.25) is 0 Å². The maximum atomic E-state index is 11.9. The first-order chi connectivity index (χ1) is 7.14. The van der Waals surface area contributed by atoms with Crippen molar-refractivity contribution in [2.75, 3.05) is 7.11 Å². The van der Waals surface area contributed by atoms with E-state index in [1.54, 1.807) is 0 Å². The molecule has 2 atom stereocenters. The Bertz CT molecular complexity index is 316. The van der Waals surface area contributed by atoms with Crippen molar-refractivity contribution in [3.05, 3.63) is 0 Å². The molecule has 4 bridgehead atoms. The first-order valence-corrected chi connectivity index (χ1v) is 5.77. The molecule has 0 aromatic rings. The van der Waals surface area contributed by atoms with Gasteiger partial charge < -0.3 is 4.74 Å². The quantitative estimate of drug-likeness (QED) is 0.614. The minimum atomic E-state index is -0.293. The number of Topliss-reactive ketones (excluding diaryl/α,β-unsaturated/α-hetero) is 1. The fourth-order valence-corrected chi connectivity index (χ4v) is 4.21. The van der Waals surface area contributed by atoms with Gasteiger partial charge in [-0.3, -0.25) is 9.59 Å². The Kier molecular flexibility index (Phi) is 1.77. The normalized spacial score (nSPS) is 47.0. The average Bonchev–Trinajstić information content (AvgIpc) is 2.23. The van der Waals surface area contributed by atoms with Crippen LogP contribution in [0.4, 0.5) is 0 Å². The predicted octanol–water partition coefficient (Wildman–Crippen LogP) is 1.55. The van der Waals surface area contributed by atoms with Crippen LogP contribution in [0.2, 0.25) is 0 Å². The van der Waals surface area contributed by atoms with Gasteiger partial charge >= 0.3 is 5.97 Å². The SMILES string of the molecule is COC(=O)C12CC3C[C@@H](C1)C(=O)[C@@H](C3)C2. The monoisotopic (exact) mass is 208 g/mol. The van der Waals surface area contributed by atoms with Crippen LogP contribution in [0, 0.1) is 23.2 Å². The zero-order valence-electron chi connectivity index (χ0n) is 8.99. The van der Waals surface area contributed by atoms with E-state index in [1.165, 1.54) is 7.11 Å². The Morgan fingerprint density at radius 2 is 1.87 bits per heavy atom.